The highest BCUT2D eigenvalue weighted by Crippen LogP contribution is 2.18. The topological polar surface area (TPSA) is 12.5 Å². The monoisotopic (exact) mass is 251 g/mol. The smallest absolute Gasteiger partial charge is 0.123 e. The van der Waals surface area contributed by atoms with Gasteiger partial charge in [0, 0.05) is 19.1 Å². The van der Waals surface area contributed by atoms with Gasteiger partial charge in [0.05, 0.1) is 13.2 Å². The molecule has 1 saturated heterocycles. The van der Waals surface area contributed by atoms with Gasteiger partial charge in [0.2, 0.25) is 0 Å². The van der Waals surface area contributed by atoms with E-state index in [1.807, 2.05) is 13.0 Å². The van der Waals surface area contributed by atoms with Crippen LogP contribution in [-0.4, -0.2) is 30.7 Å². The highest BCUT2D eigenvalue weighted by atomic mass is 19.1. The Bertz CT molecular complexity index is 392. The quantitative estimate of drug-likeness (QED) is 0.815. The Morgan fingerprint density at radius 3 is 3.06 bits per heavy atom. The van der Waals surface area contributed by atoms with E-state index >= 15 is 0 Å². The van der Waals surface area contributed by atoms with Crippen LogP contribution in [0.1, 0.15) is 30.9 Å². The second-order valence-corrected chi connectivity index (χ2v) is 5.06. The lowest BCUT2D eigenvalue weighted by Crippen LogP contribution is -2.44. The van der Waals surface area contributed by atoms with Crippen molar-refractivity contribution in [3.63, 3.8) is 0 Å². The van der Waals surface area contributed by atoms with Gasteiger partial charge >= 0.3 is 0 Å². The summed E-state index contributed by atoms with van der Waals surface area (Å²) < 4.78 is 18.8. The van der Waals surface area contributed by atoms with Gasteiger partial charge in [-0.15, -0.1) is 0 Å². The number of hydrogen-bond acceptors (Lipinski definition) is 2. The van der Waals surface area contributed by atoms with Crippen LogP contribution < -0.4 is 0 Å². The van der Waals surface area contributed by atoms with Crippen LogP contribution in [0.5, 0.6) is 0 Å². The van der Waals surface area contributed by atoms with Crippen LogP contribution in [0, 0.1) is 12.7 Å². The molecular weight excluding hydrogens is 229 g/mol. The first-order chi connectivity index (χ1) is 8.70. The zero-order valence-corrected chi connectivity index (χ0v) is 11.3. The Balaban J connectivity index is 2.08. The summed E-state index contributed by atoms with van der Waals surface area (Å²) in [5.41, 5.74) is 2.26. The van der Waals surface area contributed by atoms with E-state index in [0.29, 0.717) is 6.04 Å². The first-order valence-electron chi connectivity index (χ1n) is 6.77. The van der Waals surface area contributed by atoms with Crippen LogP contribution in [0.15, 0.2) is 18.2 Å². The van der Waals surface area contributed by atoms with E-state index in [0.717, 1.165) is 50.3 Å². The van der Waals surface area contributed by atoms with Crippen LogP contribution in [0.3, 0.4) is 0 Å². The van der Waals surface area contributed by atoms with Crippen molar-refractivity contribution in [2.45, 2.75) is 39.3 Å². The van der Waals surface area contributed by atoms with Crippen LogP contribution in [0.2, 0.25) is 0 Å². The SMILES string of the molecule is CCC[C@H]1COCCN1Cc1cc(F)ccc1C. The molecule has 3 heteroatoms. The molecule has 18 heavy (non-hydrogen) atoms. The van der Waals surface area contributed by atoms with E-state index in [4.69, 9.17) is 4.74 Å². The number of ether oxygens (including phenoxy) is 1. The summed E-state index contributed by atoms with van der Waals surface area (Å²) in [6, 6.07) is 5.53. The summed E-state index contributed by atoms with van der Waals surface area (Å²) in [6.45, 7) is 7.61. The number of halogens is 1. The minimum Gasteiger partial charge on any atom is -0.378 e. The normalized spacial score (nSPS) is 21.2. The van der Waals surface area contributed by atoms with Crippen molar-refractivity contribution in [3.8, 4) is 0 Å². The summed E-state index contributed by atoms with van der Waals surface area (Å²) in [7, 11) is 0. The molecule has 1 aromatic carbocycles. The maximum absolute atomic E-state index is 13.3. The Hall–Kier alpha value is -0.930. The first kappa shape index (κ1) is 13.5. The highest BCUT2D eigenvalue weighted by molar-refractivity contribution is 5.26. The molecule has 2 rings (SSSR count). The summed E-state index contributed by atoms with van der Waals surface area (Å²) >= 11 is 0. The third kappa shape index (κ3) is 3.30. The minimum absolute atomic E-state index is 0.143. The molecule has 0 unspecified atom stereocenters. The molecule has 0 saturated carbocycles. The molecule has 0 spiro atoms. The fourth-order valence-corrected chi connectivity index (χ4v) is 2.53. The molecule has 2 nitrogen and oxygen atoms in total. The van der Waals surface area contributed by atoms with E-state index < -0.39 is 0 Å². The Morgan fingerprint density at radius 2 is 2.28 bits per heavy atom. The van der Waals surface area contributed by atoms with Gasteiger partial charge in [-0.2, -0.15) is 0 Å². The molecule has 0 aromatic heterocycles. The summed E-state index contributed by atoms with van der Waals surface area (Å²) in [6.07, 6.45) is 2.31. The third-order valence-electron chi connectivity index (χ3n) is 3.66. The van der Waals surface area contributed by atoms with E-state index in [1.165, 1.54) is 6.07 Å². The van der Waals surface area contributed by atoms with Gasteiger partial charge < -0.3 is 4.74 Å². The lowest BCUT2D eigenvalue weighted by atomic mass is 10.0. The number of benzene rings is 1. The standard InChI is InChI=1S/C15H22FNO/c1-3-4-15-11-18-8-7-17(15)10-13-9-14(16)6-5-12(13)2/h5-6,9,15H,3-4,7-8,10-11H2,1-2H3/t15-/m0/s1. The molecule has 1 aliphatic rings. The highest BCUT2D eigenvalue weighted by Gasteiger charge is 2.22. The lowest BCUT2D eigenvalue weighted by Gasteiger charge is -2.35. The number of morpholine rings is 1. The number of nitrogens with zero attached hydrogens (tertiary/aromatic N) is 1. The molecule has 0 amide bonds. The van der Waals surface area contributed by atoms with E-state index in [2.05, 4.69) is 11.8 Å². The molecular formula is C15H22FNO. The molecule has 1 atom stereocenters. The summed E-state index contributed by atoms with van der Waals surface area (Å²) in [4.78, 5) is 2.43. The van der Waals surface area contributed by atoms with Gasteiger partial charge in [0.25, 0.3) is 0 Å². The average Bonchev–Trinajstić information content (AvgIpc) is 2.36. The first-order valence-corrected chi connectivity index (χ1v) is 6.77. The third-order valence-corrected chi connectivity index (χ3v) is 3.66. The molecule has 0 bridgehead atoms. The average molecular weight is 251 g/mol. The molecule has 0 N–H and O–H groups in total. The Kier molecular flexibility index (Phi) is 4.72. The molecule has 1 heterocycles. The van der Waals surface area contributed by atoms with E-state index in [9.17, 15) is 4.39 Å². The fraction of sp³-hybridized carbons (Fsp3) is 0.600. The van der Waals surface area contributed by atoms with Crippen molar-refractivity contribution in [2.75, 3.05) is 19.8 Å². The van der Waals surface area contributed by atoms with Gasteiger partial charge in [-0.05, 0) is 36.6 Å². The van der Waals surface area contributed by atoms with Crippen LogP contribution in [0.4, 0.5) is 4.39 Å². The number of rotatable bonds is 4. The second-order valence-electron chi connectivity index (χ2n) is 5.06. The lowest BCUT2D eigenvalue weighted by molar-refractivity contribution is -0.0148. The van der Waals surface area contributed by atoms with Crippen LogP contribution in [0.25, 0.3) is 0 Å². The molecule has 1 aliphatic heterocycles. The Labute approximate surface area is 109 Å². The molecule has 100 valence electrons. The number of hydrogen-bond donors (Lipinski definition) is 0. The van der Waals surface area contributed by atoms with Gasteiger partial charge in [-0.3, -0.25) is 4.90 Å². The van der Waals surface area contributed by atoms with Crippen LogP contribution in [-0.2, 0) is 11.3 Å². The molecule has 0 aliphatic carbocycles. The molecule has 1 fully saturated rings. The van der Waals surface area contributed by atoms with Gasteiger partial charge in [-0.25, -0.2) is 4.39 Å². The van der Waals surface area contributed by atoms with Gasteiger partial charge in [-0.1, -0.05) is 19.4 Å². The summed E-state index contributed by atoms with van der Waals surface area (Å²) in [5, 5.41) is 0. The van der Waals surface area contributed by atoms with Crippen molar-refractivity contribution >= 4 is 0 Å². The van der Waals surface area contributed by atoms with Crippen molar-refractivity contribution in [3.05, 3.63) is 35.1 Å². The van der Waals surface area contributed by atoms with Gasteiger partial charge in [0.1, 0.15) is 5.82 Å². The zero-order chi connectivity index (χ0) is 13.0. The second kappa shape index (κ2) is 6.30. The van der Waals surface area contributed by atoms with Crippen molar-refractivity contribution in [1.29, 1.82) is 0 Å². The van der Waals surface area contributed by atoms with Crippen molar-refractivity contribution in [1.82, 2.24) is 4.90 Å². The van der Waals surface area contributed by atoms with E-state index in [-0.39, 0.29) is 5.82 Å². The maximum Gasteiger partial charge on any atom is 0.123 e. The van der Waals surface area contributed by atoms with E-state index in [1.54, 1.807) is 6.07 Å². The largest absolute Gasteiger partial charge is 0.378 e. The predicted octanol–water partition coefficient (Wildman–Crippen LogP) is 3.14. The molecule has 0 radical (unpaired) electrons. The maximum atomic E-state index is 13.3. The van der Waals surface area contributed by atoms with Crippen molar-refractivity contribution < 1.29 is 9.13 Å². The minimum atomic E-state index is -0.143. The zero-order valence-electron chi connectivity index (χ0n) is 11.3. The number of aryl methyl sites for hydroxylation is 1. The van der Waals surface area contributed by atoms with Gasteiger partial charge in [0.15, 0.2) is 0 Å². The predicted molar refractivity (Wildman–Crippen MR) is 71.1 cm³/mol. The molecule has 1 aromatic rings. The van der Waals surface area contributed by atoms with Crippen molar-refractivity contribution in [2.24, 2.45) is 0 Å². The fourth-order valence-electron chi connectivity index (χ4n) is 2.53. The van der Waals surface area contributed by atoms with Crippen LogP contribution >= 0.6 is 0 Å². The Morgan fingerprint density at radius 1 is 1.44 bits per heavy atom. The summed E-state index contributed by atoms with van der Waals surface area (Å²) in [5.74, 6) is -0.143.